The fourth-order valence-corrected chi connectivity index (χ4v) is 4.01. The number of carbonyl (C=O) groups is 1. The second kappa shape index (κ2) is 9.08. The number of rotatable bonds is 7. The molecule has 1 aliphatic rings. The van der Waals surface area contributed by atoms with Gasteiger partial charge in [-0.3, -0.25) is 9.36 Å². The fourth-order valence-electron chi connectivity index (χ4n) is 2.95. The van der Waals surface area contributed by atoms with Crippen LogP contribution in [0.15, 0.2) is 29.4 Å². The number of anilines is 1. The monoisotopic (exact) mass is 408 g/mol. The van der Waals surface area contributed by atoms with Crippen molar-refractivity contribution in [3.05, 3.63) is 34.9 Å². The summed E-state index contributed by atoms with van der Waals surface area (Å²) in [7, 11) is 0. The van der Waals surface area contributed by atoms with E-state index in [2.05, 4.69) is 33.5 Å². The van der Waals surface area contributed by atoms with Gasteiger partial charge in [-0.25, -0.2) is 0 Å². The lowest BCUT2D eigenvalue weighted by Gasteiger charge is -2.28. The Balaban J connectivity index is 1.79. The van der Waals surface area contributed by atoms with E-state index in [1.165, 1.54) is 11.8 Å². The summed E-state index contributed by atoms with van der Waals surface area (Å²) in [5, 5.41) is 9.95. The first-order chi connectivity index (χ1) is 13.0. The summed E-state index contributed by atoms with van der Waals surface area (Å²) in [4.78, 5) is 15.0. The Hall–Kier alpha value is -1.57. The van der Waals surface area contributed by atoms with Crippen LogP contribution in [0.3, 0.4) is 0 Å². The van der Waals surface area contributed by atoms with Gasteiger partial charge in [0.1, 0.15) is 0 Å². The van der Waals surface area contributed by atoms with Gasteiger partial charge in [-0.15, -0.1) is 10.2 Å². The zero-order valence-corrected chi connectivity index (χ0v) is 17.5. The minimum Gasteiger partial charge on any atom is -0.378 e. The van der Waals surface area contributed by atoms with Crippen molar-refractivity contribution in [3.63, 3.8) is 0 Å². The maximum atomic E-state index is 12.8. The van der Waals surface area contributed by atoms with E-state index >= 15 is 0 Å². The van der Waals surface area contributed by atoms with Crippen molar-refractivity contribution < 1.29 is 9.53 Å². The molecule has 1 aromatic heterocycles. The number of hydrogen-bond donors (Lipinski definition) is 0. The first kappa shape index (κ1) is 20.2. The normalized spacial score (nSPS) is 16.0. The Morgan fingerprint density at radius 3 is 2.48 bits per heavy atom. The Morgan fingerprint density at radius 1 is 1.19 bits per heavy atom. The van der Waals surface area contributed by atoms with Gasteiger partial charge in [0.15, 0.2) is 10.9 Å². The molecule has 2 aromatic rings. The molecule has 0 saturated carbocycles. The van der Waals surface area contributed by atoms with E-state index in [1.807, 2.05) is 6.92 Å². The summed E-state index contributed by atoms with van der Waals surface area (Å²) in [6.45, 7) is 10.1. The molecule has 146 valence electrons. The number of thioether (sulfide) groups is 1. The number of aromatic nitrogens is 3. The molecule has 1 aromatic carbocycles. The van der Waals surface area contributed by atoms with E-state index in [4.69, 9.17) is 16.3 Å². The van der Waals surface area contributed by atoms with Crippen molar-refractivity contribution >= 4 is 35.1 Å². The van der Waals surface area contributed by atoms with Crippen LogP contribution in [0.25, 0.3) is 0 Å². The van der Waals surface area contributed by atoms with Crippen LogP contribution < -0.4 is 4.90 Å². The molecule has 1 atom stereocenters. The first-order valence-electron chi connectivity index (χ1n) is 9.18. The summed E-state index contributed by atoms with van der Waals surface area (Å²) >= 11 is 7.37. The minimum atomic E-state index is -0.265. The average molecular weight is 409 g/mol. The van der Waals surface area contributed by atoms with Crippen LogP contribution in [0, 0.1) is 5.92 Å². The van der Waals surface area contributed by atoms with Crippen LogP contribution in [0.1, 0.15) is 31.1 Å². The van der Waals surface area contributed by atoms with Crippen molar-refractivity contribution in [2.75, 3.05) is 31.2 Å². The Kier molecular flexibility index (Phi) is 6.78. The number of halogens is 1. The molecule has 1 unspecified atom stereocenters. The van der Waals surface area contributed by atoms with Crippen molar-refractivity contribution in [1.29, 1.82) is 0 Å². The van der Waals surface area contributed by atoms with Gasteiger partial charge < -0.3 is 9.64 Å². The largest absolute Gasteiger partial charge is 0.378 e. The highest BCUT2D eigenvalue weighted by molar-refractivity contribution is 8.00. The highest BCUT2D eigenvalue weighted by atomic mass is 35.5. The fraction of sp³-hybridized carbons (Fsp3) is 0.526. The minimum absolute atomic E-state index is 0.0590. The number of nitrogens with zero attached hydrogens (tertiary/aromatic N) is 4. The first-order valence-corrected chi connectivity index (χ1v) is 10.4. The summed E-state index contributed by atoms with van der Waals surface area (Å²) < 4.78 is 7.58. The van der Waals surface area contributed by atoms with Crippen molar-refractivity contribution in [2.24, 2.45) is 5.92 Å². The van der Waals surface area contributed by atoms with Crippen LogP contribution in [0.4, 0.5) is 5.95 Å². The summed E-state index contributed by atoms with van der Waals surface area (Å²) in [5.41, 5.74) is 0.655. The van der Waals surface area contributed by atoms with Gasteiger partial charge in [0, 0.05) is 30.2 Å². The quantitative estimate of drug-likeness (QED) is 0.513. The average Bonchev–Trinajstić information content (AvgIpc) is 3.04. The summed E-state index contributed by atoms with van der Waals surface area (Å²) in [6.07, 6.45) is 0. The highest BCUT2D eigenvalue weighted by Gasteiger charge is 2.24. The third kappa shape index (κ3) is 5.03. The number of benzene rings is 1. The number of carbonyl (C=O) groups excluding carboxylic acids is 1. The van der Waals surface area contributed by atoms with Gasteiger partial charge in [-0.1, -0.05) is 37.2 Å². The third-order valence-electron chi connectivity index (χ3n) is 4.32. The van der Waals surface area contributed by atoms with Gasteiger partial charge in [-0.2, -0.15) is 0 Å². The molecule has 0 bridgehead atoms. The molecule has 2 heterocycles. The molecule has 8 heteroatoms. The zero-order chi connectivity index (χ0) is 19.4. The molecular weight excluding hydrogens is 384 g/mol. The molecule has 6 nitrogen and oxygen atoms in total. The molecule has 0 N–H and O–H groups in total. The smallest absolute Gasteiger partial charge is 0.228 e. The van der Waals surface area contributed by atoms with E-state index in [0.29, 0.717) is 29.7 Å². The lowest BCUT2D eigenvalue weighted by atomic mass is 10.1. The number of hydrogen-bond acceptors (Lipinski definition) is 6. The van der Waals surface area contributed by atoms with E-state index in [0.717, 1.165) is 30.7 Å². The van der Waals surface area contributed by atoms with E-state index in [1.54, 1.807) is 24.3 Å². The molecule has 27 heavy (non-hydrogen) atoms. The number of ketones is 1. The van der Waals surface area contributed by atoms with Crippen LogP contribution in [-0.4, -0.2) is 52.1 Å². The molecule has 1 fully saturated rings. The topological polar surface area (TPSA) is 60.2 Å². The summed E-state index contributed by atoms with van der Waals surface area (Å²) in [5.74, 6) is 1.37. The van der Waals surface area contributed by atoms with Crippen LogP contribution in [-0.2, 0) is 11.3 Å². The van der Waals surface area contributed by atoms with E-state index < -0.39 is 0 Å². The Morgan fingerprint density at radius 2 is 1.85 bits per heavy atom. The van der Waals surface area contributed by atoms with Gasteiger partial charge in [0.2, 0.25) is 5.95 Å². The SMILES string of the molecule is CC(C)Cn1c(SC(C)C(=O)c2ccc(Cl)cc2)nnc1N1CCOCC1. The van der Waals surface area contributed by atoms with Gasteiger partial charge >= 0.3 is 0 Å². The highest BCUT2D eigenvalue weighted by Crippen LogP contribution is 2.29. The molecule has 0 amide bonds. The number of ether oxygens (including phenoxy) is 1. The maximum Gasteiger partial charge on any atom is 0.228 e. The van der Waals surface area contributed by atoms with E-state index in [9.17, 15) is 4.79 Å². The maximum absolute atomic E-state index is 12.8. The van der Waals surface area contributed by atoms with E-state index in [-0.39, 0.29) is 11.0 Å². The molecule has 3 rings (SSSR count). The van der Waals surface area contributed by atoms with Crippen LogP contribution in [0.2, 0.25) is 5.02 Å². The standard InChI is InChI=1S/C19H25ClN4O2S/c1-13(2)12-24-18(23-8-10-26-11-9-23)21-22-19(24)27-14(3)17(25)15-4-6-16(20)7-5-15/h4-7,13-14H,8-12H2,1-3H3. The van der Waals surface area contributed by atoms with Crippen molar-refractivity contribution in [1.82, 2.24) is 14.8 Å². The Bertz CT molecular complexity index is 773. The van der Waals surface area contributed by atoms with Gasteiger partial charge in [0.25, 0.3) is 0 Å². The molecule has 1 saturated heterocycles. The summed E-state index contributed by atoms with van der Waals surface area (Å²) in [6, 6.07) is 7.01. The molecular formula is C19H25ClN4O2S. The van der Waals surface area contributed by atoms with Crippen LogP contribution >= 0.6 is 23.4 Å². The predicted molar refractivity (Wildman–Crippen MR) is 109 cm³/mol. The number of Topliss-reactive ketones (excluding diaryl/α,β-unsaturated/α-hetero) is 1. The number of morpholine rings is 1. The van der Waals surface area contributed by atoms with Crippen molar-refractivity contribution in [3.8, 4) is 0 Å². The Labute approximate surface area is 169 Å². The molecule has 1 aliphatic heterocycles. The lowest BCUT2D eigenvalue weighted by Crippen LogP contribution is -2.38. The zero-order valence-electron chi connectivity index (χ0n) is 15.9. The predicted octanol–water partition coefficient (Wildman–Crippen LogP) is 3.79. The lowest BCUT2D eigenvalue weighted by molar-refractivity contribution is 0.0994. The third-order valence-corrected chi connectivity index (χ3v) is 5.65. The second-order valence-electron chi connectivity index (χ2n) is 7.02. The second-order valence-corrected chi connectivity index (χ2v) is 8.76. The molecule has 0 radical (unpaired) electrons. The van der Waals surface area contributed by atoms with Gasteiger partial charge in [-0.05, 0) is 37.1 Å². The molecule has 0 aliphatic carbocycles. The van der Waals surface area contributed by atoms with Crippen LogP contribution in [0.5, 0.6) is 0 Å². The van der Waals surface area contributed by atoms with Gasteiger partial charge in [0.05, 0.1) is 18.5 Å². The van der Waals surface area contributed by atoms with Crippen molar-refractivity contribution in [2.45, 2.75) is 37.7 Å². The molecule has 0 spiro atoms.